The molecule has 1 aromatic carbocycles. The number of ether oxygens (including phenoxy) is 1. The van der Waals surface area contributed by atoms with Crippen LogP contribution in [0.2, 0.25) is 0 Å². The third-order valence-corrected chi connectivity index (χ3v) is 3.78. The topological polar surface area (TPSA) is 37.9 Å². The van der Waals surface area contributed by atoms with Gasteiger partial charge >= 0.3 is 0 Å². The molecule has 0 amide bonds. The quantitative estimate of drug-likeness (QED) is 0.500. The van der Waals surface area contributed by atoms with Gasteiger partial charge < -0.3 is 9.72 Å². The van der Waals surface area contributed by atoms with E-state index in [9.17, 15) is 0 Å². The molecule has 0 saturated heterocycles. The third kappa shape index (κ3) is 3.39. The maximum Gasteiger partial charge on any atom is 0.166 e. The van der Waals surface area contributed by atoms with Crippen molar-refractivity contribution in [1.29, 1.82) is 0 Å². The minimum Gasteiger partial charge on any atom is -0.494 e. The molecule has 0 fully saturated rings. The predicted molar refractivity (Wildman–Crippen MR) is 76.4 cm³/mol. The number of H-pyrrole nitrogens is 1. The minimum absolute atomic E-state index is 0.687. The van der Waals surface area contributed by atoms with Gasteiger partial charge in [0.05, 0.1) is 17.6 Å². The maximum absolute atomic E-state index is 5.46. The molecule has 17 heavy (non-hydrogen) atoms. The van der Waals surface area contributed by atoms with E-state index >= 15 is 0 Å². The monoisotopic (exact) mass is 314 g/mol. The molecule has 0 spiro atoms. The number of fused-ring (bicyclic) bond motifs is 1. The molecule has 1 aromatic heterocycles. The first kappa shape index (κ1) is 12.8. The zero-order valence-corrected chi connectivity index (χ0v) is 12.1. The SMILES string of the molecule is CCOc1ccc2nc(SCCCBr)[nH]c2c1. The second-order valence-corrected chi connectivity index (χ2v) is 5.42. The zero-order valence-electron chi connectivity index (χ0n) is 9.70. The van der Waals surface area contributed by atoms with Crippen molar-refractivity contribution >= 4 is 38.7 Å². The van der Waals surface area contributed by atoms with Crippen molar-refractivity contribution in [3.05, 3.63) is 18.2 Å². The normalized spacial score (nSPS) is 10.9. The Kier molecular flexibility index (Phi) is 4.74. The summed E-state index contributed by atoms with van der Waals surface area (Å²) in [4.78, 5) is 7.83. The number of hydrogen-bond acceptors (Lipinski definition) is 3. The highest BCUT2D eigenvalue weighted by molar-refractivity contribution is 9.09. The van der Waals surface area contributed by atoms with E-state index in [4.69, 9.17) is 4.74 Å². The highest BCUT2D eigenvalue weighted by Gasteiger charge is 2.04. The molecule has 0 aliphatic rings. The van der Waals surface area contributed by atoms with Gasteiger partial charge in [-0.15, -0.1) is 0 Å². The van der Waals surface area contributed by atoms with E-state index in [1.807, 2.05) is 25.1 Å². The molecule has 2 aromatic rings. The number of thioether (sulfide) groups is 1. The molecule has 0 saturated carbocycles. The van der Waals surface area contributed by atoms with Crippen molar-refractivity contribution in [3.8, 4) is 5.75 Å². The van der Waals surface area contributed by atoms with Crippen LogP contribution in [0.25, 0.3) is 11.0 Å². The number of imidazole rings is 1. The molecule has 0 unspecified atom stereocenters. The van der Waals surface area contributed by atoms with E-state index in [0.29, 0.717) is 6.61 Å². The summed E-state index contributed by atoms with van der Waals surface area (Å²) in [5.74, 6) is 1.96. The number of hydrogen-bond donors (Lipinski definition) is 1. The van der Waals surface area contributed by atoms with Gasteiger partial charge in [0.15, 0.2) is 5.16 Å². The molecule has 0 aliphatic heterocycles. The van der Waals surface area contributed by atoms with E-state index in [-0.39, 0.29) is 0 Å². The number of benzene rings is 1. The van der Waals surface area contributed by atoms with Crippen LogP contribution in [0.1, 0.15) is 13.3 Å². The number of aromatic nitrogens is 2. The summed E-state index contributed by atoms with van der Waals surface area (Å²) in [5.41, 5.74) is 2.03. The van der Waals surface area contributed by atoms with Crippen molar-refractivity contribution < 1.29 is 4.74 Å². The lowest BCUT2D eigenvalue weighted by Crippen LogP contribution is -1.90. The molecule has 2 rings (SSSR count). The second-order valence-electron chi connectivity index (χ2n) is 3.54. The summed E-state index contributed by atoms with van der Waals surface area (Å²) in [6.07, 6.45) is 1.14. The molecule has 3 nitrogen and oxygen atoms in total. The first-order valence-corrected chi connectivity index (χ1v) is 7.75. The van der Waals surface area contributed by atoms with Crippen molar-refractivity contribution in [1.82, 2.24) is 9.97 Å². The fourth-order valence-corrected chi connectivity index (χ4v) is 2.99. The van der Waals surface area contributed by atoms with Crippen molar-refractivity contribution in [2.24, 2.45) is 0 Å². The fraction of sp³-hybridized carbons (Fsp3) is 0.417. The summed E-state index contributed by atoms with van der Waals surface area (Å²) in [7, 11) is 0. The molecule has 1 N–H and O–H groups in total. The van der Waals surface area contributed by atoms with Gasteiger partial charge in [-0.25, -0.2) is 4.98 Å². The van der Waals surface area contributed by atoms with Crippen molar-refractivity contribution in [2.75, 3.05) is 17.7 Å². The Morgan fingerprint density at radius 1 is 1.47 bits per heavy atom. The van der Waals surface area contributed by atoms with Crippen LogP contribution >= 0.6 is 27.7 Å². The van der Waals surface area contributed by atoms with Crippen LogP contribution in [0.4, 0.5) is 0 Å². The Hall–Kier alpha value is -0.680. The number of halogens is 1. The molecular weight excluding hydrogens is 300 g/mol. The van der Waals surface area contributed by atoms with Crippen LogP contribution in [0.5, 0.6) is 5.75 Å². The van der Waals surface area contributed by atoms with Crippen molar-refractivity contribution in [3.63, 3.8) is 0 Å². The zero-order chi connectivity index (χ0) is 12.1. The second kappa shape index (κ2) is 6.31. The van der Waals surface area contributed by atoms with Gasteiger partial charge in [-0.1, -0.05) is 27.7 Å². The van der Waals surface area contributed by atoms with E-state index < -0.39 is 0 Å². The minimum atomic E-state index is 0.687. The van der Waals surface area contributed by atoms with Crippen LogP contribution in [0, 0.1) is 0 Å². The lowest BCUT2D eigenvalue weighted by molar-refractivity contribution is 0.340. The molecule has 0 atom stereocenters. The summed E-state index contributed by atoms with van der Waals surface area (Å²) in [5, 5.41) is 2.02. The van der Waals surface area contributed by atoms with Crippen LogP contribution < -0.4 is 4.74 Å². The molecule has 1 heterocycles. The van der Waals surface area contributed by atoms with Gasteiger partial charge in [-0.3, -0.25) is 0 Å². The Labute approximate surface area is 113 Å². The van der Waals surface area contributed by atoms with Crippen LogP contribution in [0.15, 0.2) is 23.4 Å². The molecule has 0 bridgehead atoms. The van der Waals surface area contributed by atoms with Gasteiger partial charge in [0.1, 0.15) is 5.75 Å². The van der Waals surface area contributed by atoms with E-state index in [0.717, 1.165) is 39.4 Å². The van der Waals surface area contributed by atoms with Gasteiger partial charge in [0.2, 0.25) is 0 Å². The molecule has 92 valence electrons. The predicted octanol–water partition coefficient (Wildman–Crippen LogP) is 3.84. The van der Waals surface area contributed by atoms with Gasteiger partial charge in [0, 0.05) is 17.1 Å². The number of alkyl halides is 1. The Bertz CT molecular complexity index is 486. The highest BCUT2D eigenvalue weighted by atomic mass is 79.9. The first-order chi connectivity index (χ1) is 8.33. The Morgan fingerprint density at radius 2 is 2.35 bits per heavy atom. The standard InChI is InChI=1S/C12H15BrN2OS/c1-2-16-9-4-5-10-11(8-9)15-12(14-10)17-7-3-6-13/h4-5,8H,2-3,6-7H2,1H3,(H,14,15). The largest absolute Gasteiger partial charge is 0.494 e. The molecule has 0 aliphatic carbocycles. The third-order valence-electron chi connectivity index (χ3n) is 2.26. The Morgan fingerprint density at radius 3 is 3.12 bits per heavy atom. The maximum atomic E-state index is 5.46. The number of nitrogens with zero attached hydrogens (tertiary/aromatic N) is 1. The lowest BCUT2D eigenvalue weighted by Gasteiger charge is -2.00. The Balaban J connectivity index is 2.12. The number of aromatic amines is 1. The van der Waals surface area contributed by atoms with Crippen LogP contribution in [-0.2, 0) is 0 Å². The smallest absolute Gasteiger partial charge is 0.166 e. The molecular formula is C12H15BrN2OS. The fourth-order valence-electron chi connectivity index (χ4n) is 1.51. The van der Waals surface area contributed by atoms with Gasteiger partial charge in [-0.2, -0.15) is 0 Å². The summed E-state index contributed by atoms with van der Waals surface area (Å²) in [6, 6.07) is 5.95. The molecule has 0 radical (unpaired) electrons. The molecule has 5 heteroatoms. The van der Waals surface area contributed by atoms with Gasteiger partial charge in [-0.05, 0) is 25.5 Å². The highest BCUT2D eigenvalue weighted by Crippen LogP contribution is 2.23. The van der Waals surface area contributed by atoms with Gasteiger partial charge in [0.25, 0.3) is 0 Å². The van der Waals surface area contributed by atoms with Crippen molar-refractivity contribution in [2.45, 2.75) is 18.5 Å². The number of nitrogens with one attached hydrogen (secondary N) is 1. The summed E-state index contributed by atoms with van der Waals surface area (Å²) < 4.78 is 5.46. The van der Waals surface area contributed by atoms with E-state index in [1.165, 1.54) is 0 Å². The lowest BCUT2D eigenvalue weighted by atomic mass is 10.3. The van der Waals surface area contributed by atoms with E-state index in [1.54, 1.807) is 11.8 Å². The average Bonchev–Trinajstić information content (AvgIpc) is 2.72. The summed E-state index contributed by atoms with van der Waals surface area (Å²) in [6.45, 7) is 2.67. The van der Waals surface area contributed by atoms with Crippen LogP contribution in [0.3, 0.4) is 0 Å². The average molecular weight is 315 g/mol. The van der Waals surface area contributed by atoms with Crippen LogP contribution in [-0.4, -0.2) is 27.7 Å². The summed E-state index contributed by atoms with van der Waals surface area (Å²) >= 11 is 5.18. The number of rotatable bonds is 6. The first-order valence-electron chi connectivity index (χ1n) is 5.65. The van der Waals surface area contributed by atoms with E-state index in [2.05, 4.69) is 25.9 Å².